The maximum atomic E-state index is 14.7. The van der Waals surface area contributed by atoms with E-state index >= 15 is 0 Å². The minimum atomic E-state index is -1.97. The number of amides is 1. The van der Waals surface area contributed by atoms with Gasteiger partial charge in [0.15, 0.2) is 11.6 Å². The van der Waals surface area contributed by atoms with Crippen molar-refractivity contribution in [2.45, 2.75) is 118 Å². The lowest BCUT2D eigenvalue weighted by atomic mass is 9.78. The number of methoxy groups -OCH3 is 1. The number of aliphatic hydroxyl groups is 2. The molecule has 1 aromatic rings. The van der Waals surface area contributed by atoms with Gasteiger partial charge in [0, 0.05) is 93.8 Å². The molecule has 1 fully saturated rings. The fourth-order valence-electron chi connectivity index (χ4n) is 9.71. The summed E-state index contributed by atoms with van der Waals surface area (Å²) in [6.45, 7) is 19.5. The van der Waals surface area contributed by atoms with Crippen LogP contribution in [0, 0.1) is 36.5 Å². The van der Waals surface area contributed by atoms with E-state index in [1.54, 1.807) is 58.9 Å². The molecule has 372 valence electrons. The number of esters is 1. The number of nitrogens with zero attached hydrogens (tertiary/aromatic N) is 2. The summed E-state index contributed by atoms with van der Waals surface area (Å²) in [4.78, 5) is 83.8. The first-order valence-electron chi connectivity index (χ1n) is 23.5. The second-order valence-corrected chi connectivity index (χ2v) is 19.5. The van der Waals surface area contributed by atoms with E-state index in [0.717, 1.165) is 19.6 Å². The number of aliphatic hydroxyl groups excluding tert-OH is 2. The molecule has 0 aromatic heterocycles. The first-order valence-corrected chi connectivity index (χ1v) is 23.5. The SMILES string of the molecule is CO[C@H]1/C=C/O[C@@]2(C)Oc3c(C)c(O)c4c(c3C2=O)C2=NC3(CCN(CC(C)C)CC3)NC2=C(NC(=O)/C(C)=C\C=C\[C@H](C)[C@H](O)[C@@H](C)[C@@H](O)[C@@H](C)[C@H](OC(C)=O)[C@@H]1C)C4=O.O=C1C=CC(=O)C=C1. The van der Waals surface area contributed by atoms with Gasteiger partial charge < -0.3 is 49.8 Å². The van der Waals surface area contributed by atoms with Crippen molar-refractivity contribution in [2.75, 3.05) is 26.7 Å². The highest BCUT2D eigenvalue weighted by Crippen LogP contribution is 2.50. The molecular weight excluding hydrogens is 889 g/mol. The van der Waals surface area contributed by atoms with Crippen LogP contribution in [0.3, 0.4) is 0 Å². The van der Waals surface area contributed by atoms with Gasteiger partial charge in [-0.25, -0.2) is 0 Å². The second kappa shape index (κ2) is 20.9. The third kappa shape index (κ3) is 10.8. The molecule has 0 saturated carbocycles. The highest BCUT2D eigenvalue weighted by molar-refractivity contribution is 6.34. The van der Waals surface area contributed by atoms with Crippen molar-refractivity contribution in [1.82, 2.24) is 15.5 Å². The third-order valence-corrected chi connectivity index (χ3v) is 13.8. The van der Waals surface area contributed by atoms with E-state index in [0.29, 0.717) is 18.8 Å². The molecule has 6 aliphatic rings. The van der Waals surface area contributed by atoms with Gasteiger partial charge in [0.05, 0.1) is 47.1 Å². The Bertz CT molecular complexity index is 2450. The normalized spacial score (nSPS) is 31.9. The number of phenolic OH excluding ortho intramolecular Hbond substituents is 1. The van der Waals surface area contributed by atoms with Crippen molar-refractivity contribution in [2.24, 2.45) is 34.6 Å². The number of carbonyl (C=O) groups is 6. The van der Waals surface area contributed by atoms with Crippen molar-refractivity contribution >= 4 is 40.7 Å². The minimum absolute atomic E-state index is 0.0164. The Morgan fingerprint density at radius 3 is 2.10 bits per heavy atom. The maximum absolute atomic E-state index is 14.7. The number of phenols is 1. The standard InChI is InChI=1S/C46H62N4O11.C6H4O2/c1-22(2)21-50-18-16-46(17-19-50)48-34-31-32-39(54)28(8)42-33(31)43(56)45(10,61-42)59-20-15-30(58-11)25(5)41(60-29(9)51)27(7)38(53)26(6)37(52)23(3)13-12-14-24(4)44(57)47-36(40(32)55)35(34)49-46;7-5-1-2-6(8)4-3-5/h12-15,20,22-23,25-27,30,37-38,41,49,52-54H,16-19,21H2,1-11H3,(H,47,57);1-4H/b13-12+,20-15+,24-14-;/t23-,25+,26+,27+,30-,37-,38+,41+,45-;/m0./s1. The summed E-state index contributed by atoms with van der Waals surface area (Å²) in [5.74, 6) is -7.02. The number of ether oxygens (including phenoxy) is 4. The van der Waals surface area contributed by atoms with E-state index in [2.05, 4.69) is 29.4 Å². The second-order valence-electron chi connectivity index (χ2n) is 19.5. The number of nitrogens with one attached hydrogen (secondary N) is 2. The number of allylic oxidation sites excluding steroid dienone is 8. The summed E-state index contributed by atoms with van der Waals surface area (Å²) < 4.78 is 24.0. The van der Waals surface area contributed by atoms with Gasteiger partial charge in [-0.15, -0.1) is 0 Å². The zero-order valence-corrected chi connectivity index (χ0v) is 41.2. The van der Waals surface area contributed by atoms with Crippen LogP contribution in [0.15, 0.2) is 76.8 Å². The van der Waals surface area contributed by atoms with Crippen LogP contribution in [0.2, 0.25) is 0 Å². The Balaban J connectivity index is 0.000000886. The van der Waals surface area contributed by atoms with Crippen LogP contribution in [0.4, 0.5) is 0 Å². The summed E-state index contributed by atoms with van der Waals surface area (Å²) in [5.41, 5.74) is -0.192. The first-order chi connectivity index (χ1) is 32.4. The Hall–Kier alpha value is -6.01. The van der Waals surface area contributed by atoms with Crippen LogP contribution < -0.4 is 15.4 Å². The van der Waals surface area contributed by atoms with E-state index < -0.39 is 88.7 Å². The van der Waals surface area contributed by atoms with Gasteiger partial charge in [0.1, 0.15) is 29.0 Å². The predicted molar refractivity (Wildman–Crippen MR) is 255 cm³/mol. The minimum Gasteiger partial charge on any atom is -0.507 e. The highest BCUT2D eigenvalue weighted by Gasteiger charge is 2.54. The van der Waals surface area contributed by atoms with Gasteiger partial charge in [-0.3, -0.25) is 33.8 Å². The van der Waals surface area contributed by atoms with Gasteiger partial charge in [0.2, 0.25) is 5.78 Å². The van der Waals surface area contributed by atoms with Crippen LogP contribution in [0.5, 0.6) is 11.5 Å². The number of rotatable bonds is 4. The van der Waals surface area contributed by atoms with E-state index in [4.69, 9.17) is 23.9 Å². The fraction of sp³-hybridized carbons (Fsp3) is 0.519. The van der Waals surface area contributed by atoms with Gasteiger partial charge in [-0.05, 0) is 50.1 Å². The number of carbonyl (C=O) groups excluding carboxylic acids is 6. The molecule has 4 aliphatic heterocycles. The van der Waals surface area contributed by atoms with Gasteiger partial charge in [-0.2, -0.15) is 0 Å². The van der Waals surface area contributed by atoms with Crippen LogP contribution in [0.25, 0.3) is 0 Å². The molecule has 4 heterocycles. The molecule has 1 spiro atoms. The van der Waals surface area contributed by atoms with E-state index in [-0.39, 0.29) is 62.2 Å². The van der Waals surface area contributed by atoms with Crippen LogP contribution >= 0.6 is 0 Å². The number of ketones is 4. The molecule has 2 aliphatic carbocycles. The molecule has 0 radical (unpaired) electrons. The predicted octanol–water partition coefficient (Wildman–Crippen LogP) is 4.87. The fourth-order valence-corrected chi connectivity index (χ4v) is 9.71. The highest BCUT2D eigenvalue weighted by atomic mass is 16.7. The van der Waals surface area contributed by atoms with Crippen molar-refractivity contribution < 1.29 is 63.0 Å². The summed E-state index contributed by atoms with van der Waals surface area (Å²) in [5, 5.41) is 41.0. The smallest absolute Gasteiger partial charge is 0.312 e. The number of Topliss-reactive ketones (excluding diaryl/α,β-unsaturated/α-hetero) is 2. The molecule has 1 amide bonds. The summed E-state index contributed by atoms with van der Waals surface area (Å²) in [7, 11) is 1.46. The Labute approximate surface area is 403 Å². The lowest BCUT2D eigenvalue weighted by Gasteiger charge is -2.38. The van der Waals surface area contributed by atoms with Crippen LogP contribution in [-0.2, 0) is 33.4 Å². The molecule has 7 rings (SSSR count). The van der Waals surface area contributed by atoms with E-state index in [9.17, 15) is 44.1 Å². The van der Waals surface area contributed by atoms with Crippen molar-refractivity contribution in [3.05, 3.63) is 94.1 Å². The molecular formula is C52H66N4O13. The molecule has 1 saturated heterocycles. The molecule has 17 nitrogen and oxygen atoms in total. The number of benzene rings is 1. The first kappa shape index (κ1) is 52.4. The Morgan fingerprint density at radius 2 is 1.52 bits per heavy atom. The molecule has 9 atom stereocenters. The zero-order valence-electron chi connectivity index (χ0n) is 41.2. The summed E-state index contributed by atoms with van der Waals surface area (Å²) in [6, 6.07) is 0. The number of aromatic hydroxyl groups is 1. The molecule has 0 unspecified atom stereocenters. The monoisotopic (exact) mass is 954 g/mol. The van der Waals surface area contributed by atoms with Crippen LogP contribution in [0.1, 0.15) is 107 Å². The number of hydrogen-bond acceptors (Lipinski definition) is 16. The van der Waals surface area contributed by atoms with Crippen molar-refractivity contribution in [1.29, 1.82) is 0 Å². The summed E-state index contributed by atoms with van der Waals surface area (Å²) in [6.07, 6.45) is 10.1. The summed E-state index contributed by atoms with van der Waals surface area (Å²) >= 11 is 0. The topological polar surface area (TPSA) is 240 Å². The lowest BCUT2D eigenvalue weighted by Crippen LogP contribution is -2.50. The molecule has 17 heteroatoms. The van der Waals surface area contributed by atoms with Gasteiger partial charge >= 0.3 is 11.8 Å². The number of hydrogen-bond donors (Lipinski definition) is 5. The molecule has 5 N–H and O–H groups in total. The average molecular weight is 955 g/mol. The van der Waals surface area contributed by atoms with Crippen molar-refractivity contribution in [3.8, 4) is 11.5 Å². The van der Waals surface area contributed by atoms with Gasteiger partial charge in [0.25, 0.3) is 11.7 Å². The number of piperidine rings is 1. The van der Waals surface area contributed by atoms with E-state index in [1.807, 2.05) is 0 Å². The Morgan fingerprint density at radius 1 is 0.899 bits per heavy atom. The maximum Gasteiger partial charge on any atom is 0.312 e. The zero-order chi connectivity index (χ0) is 50.9. The quantitative estimate of drug-likeness (QED) is 0.200. The van der Waals surface area contributed by atoms with E-state index in [1.165, 1.54) is 58.4 Å². The van der Waals surface area contributed by atoms with Crippen molar-refractivity contribution in [3.63, 3.8) is 0 Å². The van der Waals surface area contributed by atoms with Gasteiger partial charge in [-0.1, -0.05) is 59.8 Å². The third-order valence-electron chi connectivity index (χ3n) is 13.8. The lowest BCUT2D eigenvalue weighted by molar-refractivity contribution is -0.160. The Kier molecular flexibility index (Phi) is 15.9. The molecule has 1 aromatic carbocycles. The largest absolute Gasteiger partial charge is 0.507 e. The number of fused-ring (bicyclic) bond motifs is 3. The molecule has 5 bridgehead atoms. The average Bonchev–Trinajstić information content (AvgIpc) is 3.80. The number of aliphatic imine (C=N–C) groups is 1. The van der Waals surface area contributed by atoms with Crippen LogP contribution in [-0.4, -0.2) is 124 Å². The number of likely N-dealkylation sites (tertiary alicyclic amines) is 1. The molecule has 69 heavy (non-hydrogen) atoms.